The van der Waals surface area contributed by atoms with Gasteiger partial charge in [0.05, 0.1) is 22.8 Å². The maximum atomic E-state index is 14.5. The molecule has 0 saturated carbocycles. The zero-order chi connectivity index (χ0) is 24.5. The van der Waals surface area contributed by atoms with Crippen molar-refractivity contribution < 1.29 is 22.4 Å². The molecule has 0 fully saturated rings. The van der Waals surface area contributed by atoms with E-state index in [9.17, 15) is 22.4 Å². The second kappa shape index (κ2) is 12.0. The van der Waals surface area contributed by atoms with Crippen LogP contribution in [0.5, 0.6) is 0 Å². The second-order valence-electron chi connectivity index (χ2n) is 6.62. The van der Waals surface area contributed by atoms with E-state index >= 15 is 0 Å². The number of nitriles is 1. The van der Waals surface area contributed by atoms with Gasteiger partial charge in [-0.3, -0.25) is 4.79 Å². The summed E-state index contributed by atoms with van der Waals surface area (Å²) in [7, 11) is 0. The van der Waals surface area contributed by atoms with Crippen molar-refractivity contribution in [2.45, 2.75) is 45.8 Å². The summed E-state index contributed by atoms with van der Waals surface area (Å²) in [6.45, 7) is 5.35. The molecule has 3 N–H and O–H groups in total. The number of nitrogens with one attached hydrogen (secondary N) is 1. The van der Waals surface area contributed by atoms with Crippen molar-refractivity contribution in [3.8, 4) is 6.07 Å². The van der Waals surface area contributed by atoms with Gasteiger partial charge in [0.15, 0.2) is 5.11 Å². The molecule has 0 aliphatic carbocycles. The Kier molecular flexibility index (Phi) is 10.1. The Morgan fingerprint density at radius 2 is 1.94 bits per heavy atom. The SMILES string of the molecule is C\C=C/C(C(N)=O)=C(F)\C=C\N(C(=S)Nc1ccc(C#N)c(C(F)(F)F)c1)C(CC)CC. The van der Waals surface area contributed by atoms with Crippen LogP contribution in [0.2, 0.25) is 0 Å². The van der Waals surface area contributed by atoms with Crippen molar-refractivity contribution in [1.29, 1.82) is 5.26 Å². The van der Waals surface area contributed by atoms with E-state index in [4.69, 9.17) is 23.2 Å². The minimum Gasteiger partial charge on any atom is -0.366 e. The number of carbonyl (C=O) groups is 1. The molecule has 172 valence electrons. The molecular weight excluding hydrogens is 444 g/mol. The Balaban J connectivity index is 3.32. The van der Waals surface area contributed by atoms with Crippen molar-refractivity contribution in [2.24, 2.45) is 5.73 Å². The van der Waals surface area contributed by atoms with Gasteiger partial charge in [0.1, 0.15) is 5.83 Å². The van der Waals surface area contributed by atoms with Gasteiger partial charge in [-0.05, 0) is 56.3 Å². The molecule has 0 heterocycles. The van der Waals surface area contributed by atoms with Crippen LogP contribution in [0.4, 0.5) is 23.2 Å². The van der Waals surface area contributed by atoms with E-state index in [-0.39, 0.29) is 22.4 Å². The van der Waals surface area contributed by atoms with Gasteiger partial charge in [-0.1, -0.05) is 26.0 Å². The Labute approximate surface area is 189 Å². The molecule has 1 aromatic carbocycles. The number of alkyl halides is 3. The summed E-state index contributed by atoms with van der Waals surface area (Å²) in [5.74, 6) is -1.83. The summed E-state index contributed by atoms with van der Waals surface area (Å²) < 4.78 is 54.2. The number of amides is 1. The number of halogens is 4. The number of hydrogen-bond donors (Lipinski definition) is 2. The Morgan fingerprint density at radius 1 is 1.31 bits per heavy atom. The van der Waals surface area contributed by atoms with Crippen LogP contribution in [0.25, 0.3) is 0 Å². The van der Waals surface area contributed by atoms with Crippen LogP contribution < -0.4 is 11.1 Å². The first-order chi connectivity index (χ1) is 15.0. The van der Waals surface area contributed by atoms with Gasteiger partial charge in [0, 0.05) is 17.9 Å². The minimum absolute atomic E-state index is 0.0206. The number of rotatable bonds is 8. The molecule has 5 nitrogen and oxygen atoms in total. The van der Waals surface area contributed by atoms with Gasteiger partial charge >= 0.3 is 6.18 Å². The fourth-order valence-electron chi connectivity index (χ4n) is 2.86. The quantitative estimate of drug-likeness (QED) is 0.226. The minimum atomic E-state index is -4.72. The number of nitrogens with two attached hydrogens (primary N) is 1. The summed E-state index contributed by atoms with van der Waals surface area (Å²) in [6, 6.07) is 4.45. The Morgan fingerprint density at radius 3 is 2.41 bits per heavy atom. The summed E-state index contributed by atoms with van der Waals surface area (Å²) in [4.78, 5) is 12.9. The van der Waals surface area contributed by atoms with Gasteiger partial charge in [-0.2, -0.15) is 18.4 Å². The van der Waals surface area contributed by atoms with E-state index in [1.54, 1.807) is 6.92 Å². The van der Waals surface area contributed by atoms with Gasteiger partial charge in [-0.15, -0.1) is 0 Å². The largest absolute Gasteiger partial charge is 0.417 e. The van der Waals surface area contributed by atoms with Crippen LogP contribution in [-0.2, 0) is 11.0 Å². The third-order valence-corrected chi connectivity index (χ3v) is 4.82. The monoisotopic (exact) mass is 468 g/mol. The van der Waals surface area contributed by atoms with E-state index in [0.717, 1.165) is 18.2 Å². The van der Waals surface area contributed by atoms with Crippen molar-refractivity contribution >= 4 is 28.9 Å². The number of benzene rings is 1. The third-order valence-electron chi connectivity index (χ3n) is 4.50. The lowest BCUT2D eigenvalue weighted by Crippen LogP contribution is -2.38. The zero-order valence-electron chi connectivity index (χ0n) is 17.8. The average Bonchev–Trinajstić information content (AvgIpc) is 2.73. The van der Waals surface area contributed by atoms with Gasteiger partial charge in [0.25, 0.3) is 5.91 Å². The van der Waals surface area contributed by atoms with Crippen molar-refractivity contribution in [3.63, 3.8) is 0 Å². The summed E-state index contributed by atoms with van der Waals surface area (Å²) in [6.07, 6.45) is 1.51. The number of carbonyl (C=O) groups excluding carboxylic acids is 1. The van der Waals surface area contributed by atoms with Gasteiger partial charge < -0.3 is 16.0 Å². The van der Waals surface area contributed by atoms with E-state index < -0.39 is 29.0 Å². The van der Waals surface area contributed by atoms with Crippen LogP contribution in [0.15, 0.2) is 54.0 Å². The number of anilines is 1. The normalized spacial score (nSPS) is 12.7. The van der Waals surface area contributed by atoms with Crippen LogP contribution >= 0.6 is 12.2 Å². The molecule has 1 rings (SSSR count). The topological polar surface area (TPSA) is 82.2 Å². The van der Waals surface area contributed by atoms with Crippen molar-refractivity contribution in [1.82, 2.24) is 4.90 Å². The number of allylic oxidation sites excluding steroid dienone is 3. The van der Waals surface area contributed by atoms with Crippen LogP contribution in [0.3, 0.4) is 0 Å². The fourth-order valence-corrected chi connectivity index (χ4v) is 3.19. The third kappa shape index (κ3) is 7.20. The van der Waals surface area contributed by atoms with Gasteiger partial charge in [0.2, 0.25) is 0 Å². The second-order valence-corrected chi connectivity index (χ2v) is 7.01. The molecule has 0 atom stereocenters. The number of hydrogen-bond acceptors (Lipinski definition) is 3. The van der Waals surface area contributed by atoms with Crippen LogP contribution in [0.1, 0.15) is 44.7 Å². The average molecular weight is 469 g/mol. The molecule has 0 aliphatic rings. The van der Waals surface area contributed by atoms with E-state index in [0.29, 0.717) is 12.8 Å². The predicted octanol–water partition coefficient (Wildman–Crippen LogP) is 5.56. The lowest BCUT2D eigenvalue weighted by Gasteiger charge is -2.30. The first-order valence-electron chi connectivity index (χ1n) is 9.71. The molecule has 1 amide bonds. The van der Waals surface area contributed by atoms with E-state index in [2.05, 4.69) is 5.32 Å². The number of thiocarbonyl (C=S) groups is 1. The maximum absolute atomic E-state index is 14.5. The summed E-state index contributed by atoms with van der Waals surface area (Å²) >= 11 is 5.36. The molecule has 0 saturated heterocycles. The first-order valence-corrected chi connectivity index (χ1v) is 10.1. The lowest BCUT2D eigenvalue weighted by molar-refractivity contribution is -0.137. The molecule has 0 aliphatic heterocycles. The van der Waals surface area contributed by atoms with E-state index in [1.807, 2.05) is 13.8 Å². The molecular formula is C22H24F4N4OS. The first kappa shape index (κ1) is 26.8. The highest BCUT2D eigenvalue weighted by Gasteiger charge is 2.34. The molecule has 10 heteroatoms. The molecule has 0 bridgehead atoms. The zero-order valence-corrected chi connectivity index (χ0v) is 18.6. The van der Waals surface area contributed by atoms with Crippen molar-refractivity contribution in [2.75, 3.05) is 5.32 Å². The highest BCUT2D eigenvalue weighted by atomic mass is 32.1. The highest BCUT2D eigenvalue weighted by Crippen LogP contribution is 2.33. The standard InChI is InChI=1S/C22H24F4N4OS/c1-4-7-17(20(28)31)19(23)10-11-30(16(5-2)6-3)21(32)29-15-9-8-14(13-27)18(12-15)22(24,25)26/h4,7-12,16H,5-6H2,1-3H3,(H2,28,31)(H,29,32)/b7-4-,11-10+,19-17-. The summed E-state index contributed by atoms with van der Waals surface area (Å²) in [5, 5.41) is 11.7. The van der Waals surface area contributed by atoms with Gasteiger partial charge in [-0.25, -0.2) is 4.39 Å². The maximum Gasteiger partial charge on any atom is 0.417 e. The number of primary amides is 1. The van der Waals surface area contributed by atoms with Crippen LogP contribution in [-0.4, -0.2) is 22.0 Å². The number of nitrogens with zero attached hydrogens (tertiary/aromatic N) is 2. The predicted molar refractivity (Wildman–Crippen MR) is 120 cm³/mol. The Bertz CT molecular complexity index is 973. The van der Waals surface area contributed by atoms with E-state index in [1.165, 1.54) is 35.4 Å². The molecule has 0 aromatic heterocycles. The van der Waals surface area contributed by atoms with Crippen molar-refractivity contribution in [3.05, 3.63) is 65.2 Å². The smallest absolute Gasteiger partial charge is 0.366 e. The van der Waals surface area contributed by atoms with Crippen LogP contribution in [0, 0.1) is 11.3 Å². The summed E-state index contributed by atoms with van der Waals surface area (Å²) in [5.41, 5.74) is 3.28. The fraction of sp³-hybridized carbons (Fsp3) is 0.318. The molecule has 0 unspecified atom stereocenters. The molecule has 1 aromatic rings. The highest BCUT2D eigenvalue weighted by molar-refractivity contribution is 7.80. The molecule has 0 spiro atoms. The Hall–Kier alpha value is -3.19. The lowest BCUT2D eigenvalue weighted by atomic mass is 10.1. The molecule has 32 heavy (non-hydrogen) atoms. The molecule has 0 radical (unpaired) electrons.